The fourth-order valence-corrected chi connectivity index (χ4v) is 6.49. The molecule has 1 heterocycles. The number of carbonyl (C=O) groups is 4. The number of rotatable bonds is 18. The van der Waals surface area contributed by atoms with Gasteiger partial charge in [0.2, 0.25) is 23.6 Å². The van der Waals surface area contributed by atoms with Crippen LogP contribution < -0.4 is 11.1 Å². The zero-order chi connectivity index (χ0) is 35.4. The number of benzene rings is 1. The molecule has 7 unspecified atom stereocenters. The maximum absolute atomic E-state index is 13.9. The summed E-state index contributed by atoms with van der Waals surface area (Å²) in [7, 11) is 10.3. The van der Waals surface area contributed by atoms with E-state index in [2.05, 4.69) is 5.32 Å². The van der Waals surface area contributed by atoms with Crippen LogP contribution in [0.25, 0.3) is 0 Å². The van der Waals surface area contributed by atoms with Crippen LogP contribution in [0.15, 0.2) is 24.3 Å². The number of ether oxygens (including phenoxy) is 2. The molecule has 1 saturated heterocycles. The van der Waals surface area contributed by atoms with E-state index in [1.165, 1.54) is 0 Å². The fraction of sp³-hybridized carbons (Fsp3) is 0.714. The lowest BCUT2D eigenvalue weighted by Crippen LogP contribution is -2.54. The topological polar surface area (TPSA) is 138 Å². The first-order chi connectivity index (χ1) is 22.2. The van der Waals surface area contributed by atoms with Crippen LogP contribution in [0.1, 0.15) is 58.9 Å². The van der Waals surface area contributed by atoms with E-state index >= 15 is 0 Å². The van der Waals surface area contributed by atoms with Crippen molar-refractivity contribution in [2.75, 3.05) is 67.8 Å². The summed E-state index contributed by atoms with van der Waals surface area (Å²) in [5, 5.41) is 2.73. The second-order valence-corrected chi connectivity index (χ2v) is 13.3. The number of hydrogen-bond donors (Lipinski definition) is 2. The summed E-state index contributed by atoms with van der Waals surface area (Å²) >= 11 is 0. The van der Waals surface area contributed by atoms with E-state index in [1.807, 2.05) is 49.9 Å². The number of likely N-dealkylation sites (N-methyl/N-ethyl adjacent to an activating group) is 3. The van der Waals surface area contributed by atoms with Crippen LogP contribution in [0, 0.1) is 11.8 Å². The summed E-state index contributed by atoms with van der Waals surface area (Å²) in [6, 6.07) is 6.63. The number of likely N-dealkylation sites (tertiary alicyclic amines) is 1. The van der Waals surface area contributed by atoms with Crippen molar-refractivity contribution in [1.29, 1.82) is 0 Å². The second kappa shape index (κ2) is 18.9. The number of nitrogens with zero attached hydrogens (tertiary/aromatic N) is 4. The van der Waals surface area contributed by atoms with Gasteiger partial charge in [-0.25, -0.2) is 0 Å². The third-order valence-electron chi connectivity index (χ3n) is 9.91. The van der Waals surface area contributed by atoms with Crippen molar-refractivity contribution in [1.82, 2.24) is 24.9 Å². The highest BCUT2D eigenvalue weighted by Gasteiger charge is 2.42. The molecule has 1 fully saturated rings. The number of nitrogens with two attached hydrogens (primary N) is 1. The minimum atomic E-state index is -0.567. The molecule has 0 spiro atoms. The van der Waals surface area contributed by atoms with Gasteiger partial charge in [-0.1, -0.05) is 39.3 Å². The Morgan fingerprint density at radius 1 is 1.06 bits per heavy atom. The van der Waals surface area contributed by atoms with Crippen LogP contribution in [-0.4, -0.2) is 136 Å². The first-order valence-corrected chi connectivity index (χ1v) is 16.8. The first-order valence-electron chi connectivity index (χ1n) is 16.8. The van der Waals surface area contributed by atoms with Crippen LogP contribution in [0.2, 0.25) is 0 Å². The SMILES string of the molecule is CCC(C)C(C(CC(=O)N1CCCC1C(OC)C(C)C(=O)N(C)CCc1cccc(N)c1)OC)N(C)C(=O)CNC(=O)C(C)N(C)C. The Hall–Kier alpha value is -3.22. The molecule has 1 aromatic rings. The average molecular weight is 661 g/mol. The molecular weight excluding hydrogens is 600 g/mol. The van der Waals surface area contributed by atoms with Gasteiger partial charge in [-0.3, -0.25) is 24.1 Å². The van der Waals surface area contributed by atoms with Crippen molar-refractivity contribution in [3.8, 4) is 0 Å². The van der Waals surface area contributed by atoms with Crippen LogP contribution in [-0.2, 0) is 35.1 Å². The van der Waals surface area contributed by atoms with Gasteiger partial charge in [-0.2, -0.15) is 0 Å². The molecule has 0 radical (unpaired) electrons. The third-order valence-corrected chi connectivity index (χ3v) is 9.91. The summed E-state index contributed by atoms with van der Waals surface area (Å²) in [6.07, 6.45) is 2.00. The minimum absolute atomic E-state index is 0.0275. The molecule has 2 rings (SSSR count). The van der Waals surface area contributed by atoms with Gasteiger partial charge in [0.05, 0.1) is 49.2 Å². The van der Waals surface area contributed by atoms with Crippen molar-refractivity contribution < 1.29 is 28.7 Å². The number of amides is 4. The molecule has 12 nitrogen and oxygen atoms in total. The van der Waals surface area contributed by atoms with Gasteiger partial charge in [0.15, 0.2) is 0 Å². The Balaban J connectivity index is 2.13. The summed E-state index contributed by atoms with van der Waals surface area (Å²) in [6.45, 7) is 8.66. The highest BCUT2D eigenvalue weighted by atomic mass is 16.5. The number of nitrogen functional groups attached to an aromatic ring is 1. The quantitative estimate of drug-likeness (QED) is 0.229. The number of hydrogen-bond acceptors (Lipinski definition) is 8. The lowest BCUT2D eigenvalue weighted by Gasteiger charge is -2.39. The van der Waals surface area contributed by atoms with Crippen LogP contribution in [0.5, 0.6) is 0 Å². The summed E-state index contributed by atoms with van der Waals surface area (Å²) < 4.78 is 11.8. The molecule has 0 bridgehead atoms. The van der Waals surface area contributed by atoms with E-state index in [9.17, 15) is 19.2 Å². The van der Waals surface area contributed by atoms with Gasteiger partial charge in [-0.15, -0.1) is 0 Å². The standard InChI is InChI=1S/C35H60N6O6/c1-11-23(2)32(40(8)31(43)22-37-34(44)25(4)38(5)6)29(46-9)21-30(42)41-18-13-16-28(41)33(47-10)24(3)35(45)39(7)19-17-26-14-12-15-27(36)20-26/h12,14-15,20,23-25,28-29,32-33H,11,13,16-19,21-22,36H2,1-10H3,(H,37,44). The molecule has 4 amide bonds. The Morgan fingerprint density at radius 3 is 2.32 bits per heavy atom. The van der Waals surface area contributed by atoms with Gasteiger partial charge in [-0.05, 0) is 63.9 Å². The highest BCUT2D eigenvalue weighted by molar-refractivity contribution is 5.87. The normalized spacial score (nSPS) is 18.6. The Morgan fingerprint density at radius 2 is 1.74 bits per heavy atom. The van der Waals surface area contributed by atoms with Crippen molar-refractivity contribution >= 4 is 29.3 Å². The molecule has 1 aliphatic heterocycles. The van der Waals surface area contributed by atoms with Crippen LogP contribution >= 0.6 is 0 Å². The van der Waals surface area contributed by atoms with Crippen molar-refractivity contribution in [3.05, 3.63) is 29.8 Å². The molecule has 266 valence electrons. The predicted octanol–water partition coefficient (Wildman–Crippen LogP) is 2.26. The molecule has 1 aliphatic rings. The predicted molar refractivity (Wildman–Crippen MR) is 184 cm³/mol. The molecule has 0 aliphatic carbocycles. The molecular formula is C35H60N6O6. The molecule has 12 heteroatoms. The highest BCUT2D eigenvalue weighted by Crippen LogP contribution is 2.29. The lowest BCUT2D eigenvalue weighted by molar-refractivity contribution is -0.147. The number of anilines is 1. The summed E-state index contributed by atoms with van der Waals surface area (Å²) in [5.74, 6) is -1.07. The summed E-state index contributed by atoms with van der Waals surface area (Å²) in [5.41, 5.74) is 7.67. The molecule has 1 aromatic carbocycles. The van der Waals surface area contributed by atoms with Gasteiger partial charge >= 0.3 is 0 Å². The van der Waals surface area contributed by atoms with Crippen LogP contribution in [0.4, 0.5) is 5.69 Å². The zero-order valence-corrected chi connectivity index (χ0v) is 30.3. The number of nitrogens with one attached hydrogen (secondary N) is 1. The molecule has 0 aromatic heterocycles. The van der Waals surface area contributed by atoms with Gasteiger partial charge < -0.3 is 35.2 Å². The molecule has 0 saturated carbocycles. The molecule has 7 atom stereocenters. The van der Waals surface area contributed by atoms with E-state index in [4.69, 9.17) is 15.2 Å². The van der Waals surface area contributed by atoms with Crippen molar-refractivity contribution in [2.24, 2.45) is 11.8 Å². The van der Waals surface area contributed by atoms with Crippen molar-refractivity contribution in [3.63, 3.8) is 0 Å². The summed E-state index contributed by atoms with van der Waals surface area (Å²) in [4.78, 5) is 60.1. The second-order valence-electron chi connectivity index (χ2n) is 13.3. The van der Waals surface area contributed by atoms with E-state index in [0.29, 0.717) is 25.2 Å². The van der Waals surface area contributed by atoms with E-state index in [-0.39, 0.29) is 54.6 Å². The van der Waals surface area contributed by atoms with Gasteiger partial charge in [0.25, 0.3) is 0 Å². The van der Waals surface area contributed by atoms with Gasteiger partial charge in [0.1, 0.15) is 0 Å². The van der Waals surface area contributed by atoms with E-state index in [0.717, 1.165) is 24.8 Å². The molecule has 3 N–H and O–H groups in total. The van der Waals surface area contributed by atoms with Gasteiger partial charge in [0, 0.05) is 47.1 Å². The largest absolute Gasteiger partial charge is 0.399 e. The Labute approximate surface area is 282 Å². The lowest BCUT2D eigenvalue weighted by atomic mass is 9.90. The Kier molecular flexibility index (Phi) is 16.1. The number of carbonyl (C=O) groups excluding carboxylic acids is 4. The number of methoxy groups -OCH3 is 2. The van der Waals surface area contributed by atoms with Crippen LogP contribution in [0.3, 0.4) is 0 Å². The minimum Gasteiger partial charge on any atom is -0.399 e. The third kappa shape index (κ3) is 10.9. The first kappa shape index (κ1) is 40.0. The Bertz CT molecular complexity index is 1180. The van der Waals surface area contributed by atoms with Crippen molar-refractivity contribution in [2.45, 2.75) is 90.1 Å². The zero-order valence-electron chi connectivity index (χ0n) is 30.3. The molecule has 47 heavy (non-hydrogen) atoms. The monoisotopic (exact) mass is 660 g/mol. The van der Waals surface area contributed by atoms with E-state index < -0.39 is 24.2 Å². The maximum Gasteiger partial charge on any atom is 0.242 e. The fourth-order valence-electron chi connectivity index (χ4n) is 6.49. The average Bonchev–Trinajstić information content (AvgIpc) is 3.54. The van der Waals surface area contributed by atoms with E-state index in [1.54, 1.807) is 64.0 Å². The maximum atomic E-state index is 13.9. The smallest absolute Gasteiger partial charge is 0.242 e.